The number of amides is 1. The van der Waals surface area contributed by atoms with Gasteiger partial charge in [0.15, 0.2) is 6.10 Å². The normalized spacial score (nSPS) is 20.4. The second-order valence-corrected chi connectivity index (χ2v) is 5.14. The fourth-order valence-electron chi connectivity index (χ4n) is 2.55. The quantitative estimate of drug-likeness (QED) is 0.898. The zero-order chi connectivity index (χ0) is 13.8. The highest BCUT2D eigenvalue weighted by Crippen LogP contribution is 2.20. The van der Waals surface area contributed by atoms with Crippen molar-refractivity contribution in [1.82, 2.24) is 4.90 Å². The topological polar surface area (TPSA) is 55.6 Å². The van der Waals surface area contributed by atoms with E-state index in [4.69, 9.17) is 10.5 Å². The molecular weight excluding hydrogens is 240 g/mol. The van der Waals surface area contributed by atoms with Crippen LogP contribution in [0.3, 0.4) is 0 Å². The molecule has 0 aliphatic carbocycles. The molecular formula is C15H22N2O2. The number of hydrogen-bond acceptors (Lipinski definition) is 3. The van der Waals surface area contributed by atoms with Crippen LogP contribution in [0.2, 0.25) is 0 Å². The Labute approximate surface area is 114 Å². The number of benzene rings is 1. The minimum atomic E-state index is -0.464. The Balaban J connectivity index is 1.99. The summed E-state index contributed by atoms with van der Waals surface area (Å²) in [6.45, 7) is 5.13. The van der Waals surface area contributed by atoms with Crippen LogP contribution >= 0.6 is 0 Å². The number of carbonyl (C=O) groups excluding carboxylic acids is 1. The average molecular weight is 262 g/mol. The molecule has 1 aromatic rings. The molecule has 1 heterocycles. The van der Waals surface area contributed by atoms with E-state index in [-0.39, 0.29) is 11.9 Å². The van der Waals surface area contributed by atoms with Gasteiger partial charge in [0.1, 0.15) is 5.75 Å². The maximum atomic E-state index is 12.3. The monoisotopic (exact) mass is 262 g/mol. The lowest BCUT2D eigenvalue weighted by Gasteiger charge is -2.26. The van der Waals surface area contributed by atoms with Crippen LogP contribution in [-0.2, 0) is 4.79 Å². The summed E-state index contributed by atoms with van der Waals surface area (Å²) < 4.78 is 5.73. The molecule has 19 heavy (non-hydrogen) atoms. The molecule has 0 spiro atoms. The summed E-state index contributed by atoms with van der Waals surface area (Å²) in [5.41, 5.74) is 6.82. The molecule has 2 rings (SSSR count). The van der Waals surface area contributed by atoms with Crippen molar-refractivity contribution in [3.8, 4) is 5.75 Å². The molecule has 2 N–H and O–H groups in total. The van der Waals surface area contributed by atoms with E-state index in [9.17, 15) is 4.79 Å². The number of nitrogens with two attached hydrogens (primary N) is 1. The molecule has 4 nitrogen and oxygen atoms in total. The Morgan fingerprint density at radius 3 is 3.05 bits per heavy atom. The average Bonchev–Trinajstić information content (AvgIpc) is 2.86. The maximum absolute atomic E-state index is 12.3. The Kier molecular flexibility index (Phi) is 4.43. The Morgan fingerprint density at radius 1 is 1.58 bits per heavy atom. The summed E-state index contributed by atoms with van der Waals surface area (Å²) in [5, 5.41) is 0. The van der Waals surface area contributed by atoms with Crippen molar-refractivity contribution in [2.45, 2.75) is 38.8 Å². The standard InChI is InChI=1S/C15H22N2O2/c1-11-5-3-7-14(9-11)19-12(2)15(18)17-8-4-6-13(17)10-16/h3,5,7,9,12-13H,4,6,8,10,16H2,1-2H3. The highest BCUT2D eigenvalue weighted by Gasteiger charge is 2.31. The van der Waals surface area contributed by atoms with E-state index >= 15 is 0 Å². The van der Waals surface area contributed by atoms with Gasteiger partial charge in [0.05, 0.1) is 0 Å². The van der Waals surface area contributed by atoms with E-state index in [0.29, 0.717) is 6.54 Å². The summed E-state index contributed by atoms with van der Waals surface area (Å²) in [7, 11) is 0. The maximum Gasteiger partial charge on any atom is 0.263 e. The number of rotatable bonds is 4. The lowest BCUT2D eigenvalue weighted by molar-refractivity contribution is -0.138. The third-order valence-electron chi connectivity index (χ3n) is 3.58. The van der Waals surface area contributed by atoms with Gasteiger partial charge in [0, 0.05) is 19.1 Å². The third-order valence-corrected chi connectivity index (χ3v) is 3.58. The molecule has 0 saturated carbocycles. The largest absolute Gasteiger partial charge is 0.481 e. The van der Waals surface area contributed by atoms with Crippen molar-refractivity contribution in [2.24, 2.45) is 5.73 Å². The predicted molar refractivity (Wildman–Crippen MR) is 75.1 cm³/mol. The van der Waals surface area contributed by atoms with E-state index in [1.165, 1.54) is 0 Å². The predicted octanol–water partition coefficient (Wildman–Crippen LogP) is 1.71. The molecule has 104 valence electrons. The second-order valence-electron chi connectivity index (χ2n) is 5.14. The molecule has 1 saturated heterocycles. The van der Waals surface area contributed by atoms with Gasteiger partial charge >= 0.3 is 0 Å². The first kappa shape index (κ1) is 13.9. The van der Waals surface area contributed by atoms with Gasteiger partial charge in [-0.1, -0.05) is 12.1 Å². The van der Waals surface area contributed by atoms with Gasteiger partial charge in [0.25, 0.3) is 5.91 Å². The van der Waals surface area contributed by atoms with Crippen LogP contribution in [0.1, 0.15) is 25.3 Å². The zero-order valence-electron chi connectivity index (χ0n) is 11.6. The fraction of sp³-hybridized carbons (Fsp3) is 0.533. The van der Waals surface area contributed by atoms with E-state index in [2.05, 4.69) is 0 Å². The first-order valence-corrected chi connectivity index (χ1v) is 6.85. The van der Waals surface area contributed by atoms with Gasteiger partial charge in [-0.25, -0.2) is 0 Å². The van der Waals surface area contributed by atoms with Gasteiger partial charge in [-0.15, -0.1) is 0 Å². The van der Waals surface area contributed by atoms with E-state index in [1.807, 2.05) is 36.1 Å². The van der Waals surface area contributed by atoms with Crippen LogP contribution in [-0.4, -0.2) is 36.0 Å². The highest BCUT2D eigenvalue weighted by atomic mass is 16.5. The van der Waals surface area contributed by atoms with Crippen molar-refractivity contribution in [3.63, 3.8) is 0 Å². The molecule has 1 aliphatic heterocycles. The first-order chi connectivity index (χ1) is 9.11. The van der Waals surface area contributed by atoms with Crippen LogP contribution in [0, 0.1) is 6.92 Å². The third kappa shape index (κ3) is 3.26. The van der Waals surface area contributed by atoms with Crippen molar-refractivity contribution < 1.29 is 9.53 Å². The van der Waals surface area contributed by atoms with Crippen LogP contribution < -0.4 is 10.5 Å². The summed E-state index contributed by atoms with van der Waals surface area (Å²) in [6, 6.07) is 7.93. The molecule has 1 amide bonds. The van der Waals surface area contributed by atoms with Crippen LogP contribution in [0.25, 0.3) is 0 Å². The highest BCUT2D eigenvalue weighted by molar-refractivity contribution is 5.81. The van der Waals surface area contributed by atoms with E-state index < -0.39 is 6.10 Å². The van der Waals surface area contributed by atoms with Gasteiger partial charge in [-0.3, -0.25) is 4.79 Å². The van der Waals surface area contributed by atoms with Gasteiger partial charge in [-0.2, -0.15) is 0 Å². The van der Waals surface area contributed by atoms with Crippen molar-refractivity contribution >= 4 is 5.91 Å². The van der Waals surface area contributed by atoms with Gasteiger partial charge in [-0.05, 0) is 44.4 Å². The minimum absolute atomic E-state index is 0.0365. The minimum Gasteiger partial charge on any atom is -0.481 e. The lowest BCUT2D eigenvalue weighted by atomic mass is 10.2. The number of likely N-dealkylation sites (tertiary alicyclic amines) is 1. The summed E-state index contributed by atoms with van der Waals surface area (Å²) in [4.78, 5) is 14.2. The van der Waals surface area contributed by atoms with Gasteiger partial charge in [0.2, 0.25) is 0 Å². The molecule has 0 radical (unpaired) electrons. The first-order valence-electron chi connectivity index (χ1n) is 6.85. The molecule has 0 aromatic heterocycles. The SMILES string of the molecule is Cc1cccc(OC(C)C(=O)N2CCCC2CN)c1. The molecule has 4 heteroatoms. The lowest BCUT2D eigenvalue weighted by Crippen LogP contribution is -2.45. The smallest absolute Gasteiger partial charge is 0.263 e. The number of aryl methyl sites for hydroxylation is 1. The van der Waals surface area contributed by atoms with E-state index in [0.717, 1.165) is 30.7 Å². The van der Waals surface area contributed by atoms with Crippen molar-refractivity contribution in [2.75, 3.05) is 13.1 Å². The fourth-order valence-corrected chi connectivity index (χ4v) is 2.55. The molecule has 2 atom stereocenters. The Morgan fingerprint density at radius 2 is 2.37 bits per heavy atom. The summed E-state index contributed by atoms with van der Waals surface area (Å²) >= 11 is 0. The van der Waals surface area contributed by atoms with Crippen molar-refractivity contribution in [1.29, 1.82) is 0 Å². The van der Waals surface area contributed by atoms with Crippen LogP contribution in [0.4, 0.5) is 0 Å². The summed E-state index contributed by atoms with van der Waals surface area (Å²) in [6.07, 6.45) is 1.57. The number of ether oxygens (including phenoxy) is 1. The second kappa shape index (κ2) is 6.06. The number of nitrogens with zero attached hydrogens (tertiary/aromatic N) is 1. The van der Waals surface area contributed by atoms with Gasteiger partial charge < -0.3 is 15.4 Å². The Bertz CT molecular complexity index is 448. The van der Waals surface area contributed by atoms with Crippen LogP contribution in [0.5, 0.6) is 5.75 Å². The molecule has 2 unspecified atom stereocenters. The number of hydrogen-bond donors (Lipinski definition) is 1. The molecule has 1 aliphatic rings. The zero-order valence-corrected chi connectivity index (χ0v) is 11.6. The Hall–Kier alpha value is -1.55. The number of carbonyl (C=O) groups is 1. The summed E-state index contributed by atoms with van der Waals surface area (Å²) in [5.74, 6) is 0.777. The van der Waals surface area contributed by atoms with Crippen LogP contribution in [0.15, 0.2) is 24.3 Å². The molecule has 0 bridgehead atoms. The molecule has 1 aromatic carbocycles. The molecule has 1 fully saturated rings. The van der Waals surface area contributed by atoms with Crippen molar-refractivity contribution in [3.05, 3.63) is 29.8 Å². The van der Waals surface area contributed by atoms with E-state index in [1.54, 1.807) is 6.92 Å².